The molecule has 2 atom stereocenters. The van der Waals surface area contributed by atoms with E-state index in [2.05, 4.69) is 10.3 Å². The molecule has 0 bridgehead atoms. The van der Waals surface area contributed by atoms with Crippen LogP contribution in [0.3, 0.4) is 0 Å². The quantitative estimate of drug-likeness (QED) is 0.634. The zero-order valence-corrected chi connectivity index (χ0v) is 14.3. The number of esters is 1. The molecule has 6 nitrogen and oxygen atoms in total. The Hall–Kier alpha value is -0.950. The Bertz CT molecular complexity index is 591. The maximum Gasteiger partial charge on any atom is 0.312 e. The average molecular weight is 369 g/mol. The molecular weight excluding hydrogens is 353 g/mol. The maximum atomic E-state index is 12.4. The van der Waals surface area contributed by atoms with Gasteiger partial charge in [0, 0.05) is 24.8 Å². The predicted molar refractivity (Wildman–Crippen MR) is 84.4 cm³/mol. The molecule has 1 amide bonds. The second-order valence-corrected chi connectivity index (χ2v) is 6.35. The number of amides is 1. The van der Waals surface area contributed by atoms with Crippen LogP contribution < -0.4 is 5.32 Å². The lowest BCUT2D eigenvalue weighted by molar-refractivity contribution is -0.147. The number of nitrogens with zero attached hydrogens (tertiary/aromatic N) is 1. The lowest BCUT2D eigenvalue weighted by Crippen LogP contribution is -2.52. The van der Waals surface area contributed by atoms with E-state index in [-0.39, 0.29) is 16.8 Å². The van der Waals surface area contributed by atoms with Gasteiger partial charge in [0.25, 0.3) is 5.91 Å². The van der Waals surface area contributed by atoms with Crippen molar-refractivity contribution < 1.29 is 14.3 Å². The number of aromatic nitrogens is 1. The molecule has 0 saturated carbocycles. The first-order valence-electron chi connectivity index (χ1n) is 6.68. The summed E-state index contributed by atoms with van der Waals surface area (Å²) in [5, 5.41) is 3.28. The van der Waals surface area contributed by atoms with Crippen molar-refractivity contribution in [3.8, 4) is 0 Å². The Kier molecular flexibility index (Phi) is 5.60. The van der Waals surface area contributed by atoms with Gasteiger partial charge < -0.3 is 15.0 Å². The van der Waals surface area contributed by atoms with Crippen molar-refractivity contribution in [1.82, 2.24) is 14.7 Å². The second kappa shape index (κ2) is 7.08. The van der Waals surface area contributed by atoms with Gasteiger partial charge in [0.15, 0.2) is 0 Å². The Morgan fingerprint density at radius 2 is 2.05 bits per heavy atom. The van der Waals surface area contributed by atoms with Crippen molar-refractivity contribution in [2.75, 3.05) is 20.2 Å². The van der Waals surface area contributed by atoms with Crippen molar-refractivity contribution in [1.29, 1.82) is 0 Å². The van der Waals surface area contributed by atoms with Crippen molar-refractivity contribution in [2.45, 2.75) is 19.4 Å². The third-order valence-electron chi connectivity index (χ3n) is 3.66. The van der Waals surface area contributed by atoms with E-state index in [0.29, 0.717) is 30.2 Å². The molecule has 0 spiro atoms. The zero-order valence-electron chi connectivity index (χ0n) is 12.1. The minimum Gasteiger partial charge on any atom is -0.469 e. The Morgan fingerprint density at radius 1 is 1.36 bits per heavy atom. The summed E-state index contributed by atoms with van der Waals surface area (Å²) in [6.07, 6.45) is 0.528. The highest BCUT2D eigenvalue weighted by Gasteiger charge is 2.36. The fourth-order valence-electron chi connectivity index (χ4n) is 2.44. The molecule has 0 aromatic carbocycles. The largest absolute Gasteiger partial charge is 0.469 e. The normalized spacial score (nSPS) is 22.4. The number of carbonyl (C=O) groups is 2. The van der Waals surface area contributed by atoms with Crippen molar-refractivity contribution in [2.24, 2.45) is 5.92 Å². The lowest BCUT2D eigenvalue weighted by atomic mass is 9.93. The van der Waals surface area contributed by atoms with Crippen molar-refractivity contribution in [3.05, 3.63) is 21.4 Å². The molecule has 1 aliphatic heterocycles. The van der Waals surface area contributed by atoms with Crippen LogP contribution in [-0.2, 0) is 9.53 Å². The third-order valence-corrected chi connectivity index (χ3v) is 4.92. The molecule has 1 fully saturated rings. The second-order valence-electron chi connectivity index (χ2n) is 5.12. The van der Waals surface area contributed by atoms with Crippen LogP contribution in [0.1, 0.15) is 22.6 Å². The number of rotatable bonds is 3. The van der Waals surface area contributed by atoms with Gasteiger partial charge in [0.2, 0.25) is 0 Å². The molecule has 0 aliphatic carbocycles. The summed E-state index contributed by atoms with van der Waals surface area (Å²) in [6, 6.07) is -0.381. The van der Waals surface area contributed by atoms with Crippen LogP contribution in [0, 0.1) is 12.8 Å². The Morgan fingerprint density at radius 3 is 2.59 bits per heavy atom. The molecule has 122 valence electrons. The molecule has 2 N–H and O–H groups in total. The van der Waals surface area contributed by atoms with Crippen LogP contribution >= 0.6 is 35.0 Å². The molecule has 1 aliphatic rings. The van der Waals surface area contributed by atoms with Crippen LogP contribution in [0.2, 0.25) is 10.0 Å². The standard InChI is InChI=1S/C13H16Cl3N3O3/c1-6-9(14)10(15)11(17-6)12(20)18-8-3-4-19(16)5-7(8)13(21)22-2/h7-8,17H,3-5H2,1-2H3,(H,18,20). The number of nitrogens with one attached hydrogen (secondary N) is 2. The van der Waals surface area contributed by atoms with E-state index in [0.717, 1.165) is 0 Å². The van der Waals surface area contributed by atoms with Gasteiger partial charge in [-0.2, -0.15) is 0 Å². The summed E-state index contributed by atoms with van der Waals surface area (Å²) in [5.74, 6) is -1.37. The summed E-state index contributed by atoms with van der Waals surface area (Å²) in [4.78, 5) is 27.0. The van der Waals surface area contributed by atoms with E-state index in [1.165, 1.54) is 11.5 Å². The fraction of sp³-hybridized carbons (Fsp3) is 0.538. The number of hydrogen-bond donors (Lipinski definition) is 2. The lowest BCUT2D eigenvalue weighted by Gasteiger charge is -2.33. The van der Waals surface area contributed by atoms with E-state index in [1.54, 1.807) is 6.92 Å². The average Bonchev–Trinajstić information content (AvgIpc) is 2.75. The molecule has 2 rings (SSSR count). The van der Waals surface area contributed by atoms with Crippen molar-refractivity contribution >= 4 is 46.9 Å². The van der Waals surface area contributed by atoms with Gasteiger partial charge in [0.1, 0.15) is 5.69 Å². The molecule has 2 heterocycles. The summed E-state index contributed by atoms with van der Waals surface area (Å²) in [7, 11) is 1.30. The van der Waals surface area contributed by atoms with E-state index < -0.39 is 17.8 Å². The third kappa shape index (κ3) is 3.51. The van der Waals surface area contributed by atoms with Gasteiger partial charge in [-0.3, -0.25) is 9.59 Å². The highest BCUT2D eigenvalue weighted by Crippen LogP contribution is 2.29. The monoisotopic (exact) mass is 367 g/mol. The van der Waals surface area contributed by atoms with E-state index >= 15 is 0 Å². The number of carbonyl (C=O) groups excluding carboxylic acids is 2. The molecule has 9 heteroatoms. The summed E-state index contributed by atoms with van der Waals surface area (Å²) < 4.78 is 6.28. The first-order valence-corrected chi connectivity index (χ1v) is 7.77. The van der Waals surface area contributed by atoms with Gasteiger partial charge in [-0.1, -0.05) is 23.2 Å². The molecule has 1 saturated heterocycles. The summed E-state index contributed by atoms with van der Waals surface area (Å²) in [6.45, 7) is 2.57. The van der Waals surface area contributed by atoms with Crippen LogP contribution in [0.25, 0.3) is 0 Å². The van der Waals surface area contributed by atoms with Gasteiger partial charge in [0.05, 0.1) is 23.1 Å². The number of hydrogen-bond acceptors (Lipinski definition) is 4. The van der Waals surface area contributed by atoms with E-state index in [1.807, 2.05) is 0 Å². The van der Waals surface area contributed by atoms with Crippen LogP contribution in [0.5, 0.6) is 0 Å². The summed E-state index contributed by atoms with van der Waals surface area (Å²) in [5.41, 5.74) is 0.790. The fourth-order valence-corrected chi connectivity index (χ4v) is 3.11. The highest BCUT2D eigenvalue weighted by molar-refractivity contribution is 6.44. The number of aryl methyl sites for hydroxylation is 1. The van der Waals surface area contributed by atoms with Crippen LogP contribution in [0.4, 0.5) is 0 Å². The van der Waals surface area contributed by atoms with Crippen molar-refractivity contribution in [3.63, 3.8) is 0 Å². The molecular formula is C13H16Cl3N3O3. The zero-order chi connectivity index (χ0) is 16.4. The Balaban J connectivity index is 2.15. The van der Waals surface area contributed by atoms with Gasteiger partial charge in [-0.15, -0.1) is 0 Å². The molecule has 2 unspecified atom stereocenters. The minimum absolute atomic E-state index is 0.168. The number of aromatic amines is 1. The van der Waals surface area contributed by atoms with E-state index in [4.69, 9.17) is 39.7 Å². The SMILES string of the molecule is COC(=O)C1CN(Cl)CCC1NC(=O)c1[nH]c(C)c(Cl)c1Cl. The first kappa shape index (κ1) is 17.4. The van der Waals surface area contributed by atoms with Gasteiger partial charge >= 0.3 is 5.97 Å². The van der Waals surface area contributed by atoms with Crippen LogP contribution in [-0.4, -0.2) is 47.5 Å². The molecule has 1 aromatic rings. The predicted octanol–water partition coefficient (Wildman–Crippen LogP) is 2.38. The highest BCUT2D eigenvalue weighted by atomic mass is 35.5. The smallest absolute Gasteiger partial charge is 0.312 e. The maximum absolute atomic E-state index is 12.4. The van der Waals surface area contributed by atoms with E-state index in [9.17, 15) is 9.59 Å². The number of piperidine rings is 1. The molecule has 22 heavy (non-hydrogen) atoms. The number of H-pyrrole nitrogens is 1. The molecule has 1 aromatic heterocycles. The number of methoxy groups -OCH3 is 1. The van der Waals surface area contributed by atoms with Gasteiger partial charge in [-0.05, 0) is 25.1 Å². The summed E-state index contributed by atoms with van der Waals surface area (Å²) >= 11 is 17.9. The van der Waals surface area contributed by atoms with Gasteiger partial charge in [-0.25, -0.2) is 4.42 Å². The number of ether oxygens (including phenoxy) is 1. The first-order chi connectivity index (χ1) is 10.3. The number of halogens is 3. The topological polar surface area (TPSA) is 74.4 Å². The minimum atomic E-state index is -0.537. The molecule has 0 radical (unpaired) electrons. The van der Waals surface area contributed by atoms with Crippen LogP contribution in [0.15, 0.2) is 0 Å². The Labute approximate surface area is 143 Å².